The zero-order chi connectivity index (χ0) is 14.9. The maximum Gasteiger partial charge on any atom is 0.335 e. The summed E-state index contributed by atoms with van der Waals surface area (Å²) >= 11 is 0. The predicted molar refractivity (Wildman–Crippen MR) is 74.1 cm³/mol. The second-order valence-corrected chi connectivity index (χ2v) is 5.73. The van der Waals surface area contributed by atoms with Gasteiger partial charge in [-0.25, -0.2) is 4.79 Å². The largest absolute Gasteiger partial charge is 0.478 e. The van der Waals surface area contributed by atoms with Crippen molar-refractivity contribution in [1.82, 2.24) is 4.90 Å². The zero-order valence-corrected chi connectivity index (χ0v) is 12.0. The minimum absolute atomic E-state index is 0.140. The number of amides is 1. The number of morpholine rings is 1. The van der Waals surface area contributed by atoms with E-state index in [-0.39, 0.29) is 17.1 Å². The number of rotatable bonds is 2. The lowest BCUT2D eigenvalue weighted by Crippen LogP contribution is -2.50. The Morgan fingerprint density at radius 3 is 2.50 bits per heavy atom. The van der Waals surface area contributed by atoms with Crippen LogP contribution in [-0.4, -0.2) is 47.2 Å². The molecule has 1 heterocycles. The Hall–Kier alpha value is -1.88. The van der Waals surface area contributed by atoms with E-state index in [0.29, 0.717) is 25.3 Å². The highest BCUT2D eigenvalue weighted by molar-refractivity contribution is 5.97. The molecule has 108 valence electrons. The zero-order valence-electron chi connectivity index (χ0n) is 12.0. The molecule has 1 amide bonds. The van der Waals surface area contributed by atoms with Crippen LogP contribution in [0.15, 0.2) is 18.2 Å². The molecule has 5 heteroatoms. The van der Waals surface area contributed by atoms with Gasteiger partial charge in [0.25, 0.3) is 5.91 Å². The van der Waals surface area contributed by atoms with Crippen LogP contribution >= 0.6 is 0 Å². The van der Waals surface area contributed by atoms with Crippen LogP contribution in [-0.2, 0) is 4.74 Å². The van der Waals surface area contributed by atoms with Crippen LogP contribution in [0.2, 0.25) is 0 Å². The molecule has 0 bridgehead atoms. The van der Waals surface area contributed by atoms with Crippen LogP contribution in [0.5, 0.6) is 0 Å². The summed E-state index contributed by atoms with van der Waals surface area (Å²) in [6.07, 6.45) is 0. The fourth-order valence-corrected chi connectivity index (χ4v) is 2.40. The smallest absolute Gasteiger partial charge is 0.335 e. The number of carbonyl (C=O) groups is 2. The van der Waals surface area contributed by atoms with E-state index < -0.39 is 5.97 Å². The summed E-state index contributed by atoms with van der Waals surface area (Å²) < 4.78 is 5.58. The maximum atomic E-state index is 12.5. The molecule has 1 aliphatic rings. The first-order valence-electron chi connectivity index (χ1n) is 6.57. The Kier molecular flexibility index (Phi) is 3.81. The lowest BCUT2D eigenvalue weighted by molar-refractivity contribution is -0.0764. The van der Waals surface area contributed by atoms with E-state index in [9.17, 15) is 9.59 Å². The Morgan fingerprint density at radius 1 is 1.25 bits per heavy atom. The first kappa shape index (κ1) is 14.5. The van der Waals surface area contributed by atoms with Gasteiger partial charge in [0.1, 0.15) is 0 Å². The van der Waals surface area contributed by atoms with Gasteiger partial charge in [-0.05, 0) is 44.5 Å². The number of nitrogens with zero attached hydrogens (tertiary/aromatic N) is 1. The van der Waals surface area contributed by atoms with Crippen molar-refractivity contribution in [3.63, 3.8) is 0 Å². The first-order chi connectivity index (χ1) is 9.28. The summed E-state index contributed by atoms with van der Waals surface area (Å²) in [4.78, 5) is 25.3. The molecule has 1 aromatic rings. The number of carboxylic acid groups (broad SMARTS) is 1. The highest BCUT2D eigenvalue weighted by Crippen LogP contribution is 2.19. The van der Waals surface area contributed by atoms with Crippen molar-refractivity contribution in [1.29, 1.82) is 0 Å². The molecule has 1 saturated heterocycles. The predicted octanol–water partition coefficient (Wildman–Crippen LogP) is 1.94. The molecule has 0 atom stereocenters. The molecule has 2 rings (SSSR count). The second-order valence-electron chi connectivity index (χ2n) is 5.73. The van der Waals surface area contributed by atoms with Gasteiger partial charge in [-0.2, -0.15) is 0 Å². The quantitative estimate of drug-likeness (QED) is 0.897. The average Bonchev–Trinajstić information content (AvgIpc) is 2.35. The Morgan fingerprint density at radius 2 is 1.90 bits per heavy atom. The van der Waals surface area contributed by atoms with Crippen molar-refractivity contribution in [3.05, 3.63) is 34.9 Å². The van der Waals surface area contributed by atoms with Gasteiger partial charge in [0.15, 0.2) is 0 Å². The van der Waals surface area contributed by atoms with Crippen molar-refractivity contribution < 1.29 is 19.4 Å². The van der Waals surface area contributed by atoms with Crippen molar-refractivity contribution >= 4 is 11.9 Å². The topological polar surface area (TPSA) is 66.8 Å². The van der Waals surface area contributed by atoms with Crippen LogP contribution in [0, 0.1) is 6.92 Å². The normalized spacial score (nSPS) is 17.9. The van der Waals surface area contributed by atoms with Crippen LogP contribution in [0.4, 0.5) is 0 Å². The Bertz CT molecular complexity index is 551. The fraction of sp³-hybridized carbons (Fsp3) is 0.467. The van der Waals surface area contributed by atoms with Crippen molar-refractivity contribution in [3.8, 4) is 0 Å². The standard InChI is InChI=1S/C15H19NO4/c1-10-6-11(8-12(7-10)14(18)19)13(17)16-4-5-20-15(2,3)9-16/h6-8H,4-5,9H2,1-3H3,(H,18,19). The maximum absolute atomic E-state index is 12.5. The van der Waals surface area contributed by atoms with Gasteiger partial charge in [0, 0.05) is 18.7 Å². The highest BCUT2D eigenvalue weighted by Gasteiger charge is 2.30. The van der Waals surface area contributed by atoms with Crippen molar-refractivity contribution in [2.45, 2.75) is 26.4 Å². The van der Waals surface area contributed by atoms with E-state index in [1.165, 1.54) is 6.07 Å². The molecular formula is C15H19NO4. The molecule has 0 radical (unpaired) electrons. The Balaban J connectivity index is 2.27. The number of ether oxygens (including phenoxy) is 1. The summed E-state index contributed by atoms with van der Waals surface area (Å²) in [7, 11) is 0. The minimum atomic E-state index is -1.02. The number of carboxylic acids is 1. The van der Waals surface area contributed by atoms with E-state index in [2.05, 4.69) is 0 Å². The molecule has 0 unspecified atom stereocenters. The number of hydrogen-bond acceptors (Lipinski definition) is 3. The van der Waals surface area contributed by atoms with Crippen molar-refractivity contribution in [2.24, 2.45) is 0 Å². The van der Waals surface area contributed by atoms with E-state index >= 15 is 0 Å². The summed E-state index contributed by atoms with van der Waals surface area (Å²) in [6, 6.07) is 4.71. The Labute approximate surface area is 118 Å². The number of aromatic carboxylic acids is 1. The number of carbonyl (C=O) groups excluding carboxylic acids is 1. The molecule has 1 fully saturated rings. The summed E-state index contributed by atoms with van der Waals surface area (Å²) in [5.41, 5.74) is 0.953. The van der Waals surface area contributed by atoms with Gasteiger partial charge >= 0.3 is 5.97 Å². The molecule has 1 aliphatic heterocycles. The molecule has 5 nitrogen and oxygen atoms in total. The molecule has 0 aromatic heterocycles. The third kappa shape index (κ3) is 3.17. The number of aryl methyl sites for hydroxylation is 1. The van der Waals surface area contributed by atoms with Gasteiger partial charge in [-0.15, -0.1) is 0 Å². The third-order valence-electron chi connectivity index (χ3n) is 3.28. The average molecular weight is 277 g/mol. The van der Waals surface area contributed by atoms with E-state index in [0.717, 1.165) is 5.56 Å². The van der Waals surface area contributed by atoms with Crippen LogP contribution < -0.4 is 0 Å². The molecule has 0 aliphatic carbocycles. The highest BCUT2D eigenvalue weighted by atomic mass is 16.5. The number of hydrogen-bond donors (Lipinski definition) is 1. The van der Waals surface area contributed by atoms with E-state index in [1.54, 1.807) is 24.0 Å². The molecule has 0 spiro atoms. The lowest BCUT2D eigenvalue weighted by atomic mass is 10.0. The van der Waals surface area contributed by atoms with Gasteiger partial charge in [-0.3, -0.25) is 4.79 Å². The van der Waals surface area contributed by atoms with Crippen LogP contribution in [0.25, 0.3) is 0 Å². The van der Waals surface area contributed by atoms with Gasteiger partial charge in [0.05, 0.1) is 17.8 Å². The molecule has 1 N–H and O–H groups in total. The first-order valence-corrected chi connectivity index (χ1v) is 6.57. The van der Waals surface area contributed by atoms with Crippen LogP contribution in [0.3, 0.4) is 0 Å². The fourth-order valence-electron chi connectivity index (χ4n) is 2.40. The van der Waals surface area contributed by atoms with Gasteiger partial charge in [-0.1, -0.05) is 0 Å². The lowest BCUT2D eigenvalue weighted by Gasteiger charge is -2.38. The summed E-state index contributed by atoms with van der Waals surface area (Å²) in [5.74, 6) is -1.17. The van der Waals surface area contributed by atoms with E-state index in [1.807, 2.05) is 13.8 Å². The number of benzene rings is 1. The molecule has 0 saturated carbocycles. The van der Waals surface area contributed by atoms with Crippen LogP contribution in [0.1, 0.15) is 40.1 Å². The summed E-state index contributed by atoms with van der Waals surface area (Å²) in [6.45, 7) is 7.18. The molecule has 20 heavy (non-hydrogen) atoms. The second kappa shape index (κ2) is 5.25. The summed E-state index contributed by atoms with van der Waals surface area (Å²) in [5, 5.41) is 9.06. The molecule has 1 aromatic carbocycles. The monoisotopic (exact) mass is 277 g/mol. The van der Waals surface area contributed by atoms with Gasteiger partial charge < -0.3 is 14.7 Å². The van der Waals surface area contributed by atoms with Crippen molar-refractivity contribution in [2.75, 3.05) is 19.7 Å². The SMILES string of the molecule is Cc1cc(C(=O)O)cc(C(=O)N2CCOC(C)(C)C2)c1. The third-order valence-corrected chi connectivity index (χ3v) is 3.28. The van der Waals surface area contributed by atoms with E-state index in [4.69, 9.17) is 9.84 Å². The minimum Gasteiger partial charge on any atom is -0.478 e. The molecular weight excluding hydrogens is 258 g/mol. The van der Waals surface area contributed by atoms with Gasteiger partial charge in [0.2, 0.25) is 0 Å².